The summed E-state index contributed by atoms with van der Waals surface area (Å²) in [7, 11) is 2.11. The normalized spacial score (nSPS) is 29.1. The molecule has 0 N–H and O–H groups in total. The van der Waals surface area contributed by atoms with E-state index in [1.165, 1.54) is 25.7 Å². The molecule has 2 heteroatoms. The van der Waals surface area contributed by atoms with Gasteiger partial charge in [0.25, 0.3) is 0 Å². The first kappa shape index (κ1) is 12.7. The summed E-state index contributed by atoms with van der Waals surface area (Å²) in [5, 5.41) is 0. The van der Waals surface area contributed by atoms with E-state index in [0.29, 0.717) is 18.2 Å². The third kappa shape index (κ3) is 3.30. The summed E-state index contributed by atoms with van der Waals surface area (Å²) in [4.78, 5) is 13.9. The number of Topliss-reactive ketones (excluding diaryl/α,β-unsaturated/α-hetero) is 1. The zero-order chi connectivity index (χ0) is 11.4. The number of carbonyl (C=O) groups excluding carboxylic acids is 1. The van der Waals surface area contributed by atoms with Crippen LogP contribution in [0.4, 0.5) is 0 Å². The highest BCUT2D eigenvalue weighted by atomic mass is 16.1. The van der Waals surface area contributed by atoms with Gasteiger partial charge in [0.1, 0.15) is 5.78 Å². The molecule has 0 aromatic carbocycles. The Morgan fingerprint density at radius 2 is 1.87 bits per heavy atom. The lowest BCUT2D eigenvalue weighted by Crippen LogP contribution is -2.44. The average molecular weight is 211 g/mol. The van der Waals surface area contributed by atoms with Gasteiger partial charge >= 0.3 is 0 Å². The van der Waals surface area contributed by atoms with E-state index in [1.54, 1.807) is 0 Å². The fourth-order valence-electron chi connectivity index (χ4n) is 2.49. The minimum Gasteiger partial charge on any atom is -0.298 e. The number of ketones is 1. The Balaban J connectivity index is 2.45. The maximum atomic E-state index is 11.6. The molecule has 1 atom stereocenters. The second-order valence-electron chi connectivity index (χ2n) is 5.08. The predicted molar refractivity (Wildman–Crippen MR) is 63.9 cm³/mol. The molecule has 0 amide bonds. The minimum atomic E-state index is 0.105. The van der Waals surface area contributed by atoms with Crippen LogP contribution in [0.2, 0.25) is 0 Å². The Morgan fingerprint density at radius 1 is 1.33 bits per heavy atom. The summed E-state index contributed by atoms with van der Waals surface area (Å²) >= 11 is 0. The maximum Gasteiger partial charge on any atom is 0.149 e. The summed E-state index contributed by atoms with van der Waals surface area (Å²) in [6.45, 7) is 6.33. The Labute approximate surface area is 94.0 Å². The zero-order valence-corrected chi connectivity index (χ0v) is 10.6. The first-order valence-corrected chi connectivity index (χ1v) is 6.30. The van der Waals surface area contributed by atoms with Gasteiger partial charge in [0, 0.05) is 12.5 Å². The van der Waals surface area contributed by atoms with Gasteiger partial charge in [-0.15, -0.1) is 0 Å². The highest BCUT2D eigenvalue weighted by Crippen LogP contribution is 2.27. The van der Waals surface area contributed by atoms with Crippen LogP contribution in [-0.2, 0) is 4.79 Å². The fraction of sp³-hybridized carbons (Fsp3) is 0.923. The standard InChI is InChI=1S/C13H25NO/c1-5-13(15)11(3)14(4)12-8-6-10(2)7-9-12/h10-12H,5-9H2,1-4H3. The molecule has 0 bridgehead atoms. The van der Waals surface area contributed by atoms with E-state index >= 15 is 0 Å². The van der Waals surface area contributed by atoms with Gasteiger partial charge in [0.2, 0.25) is 0 Å². The van der Waals surface area contributed by atoms with Crippen LogP contribution in [0.1, 0.15) is 52.9 Å². The Hall–Kier alpha value is -0.370. The fourth-order valence-corrected chi connectivity index (χ4v) is 2.49. The van der Waals surface area contributed by atoms with Crippen LogP contribution in [0, 0.1) is 5.92 Å². The second-order valence-corrected chi connectivity index (χ2v) is 5.08. The summed E-state index contributed by atoms with van der Waals surface area (Å²) in [5.41, 5.74) is 0. The molecule has 2 nitrogen and oxygen atoms in total. The van der Waals surface area contributed by atoms with Gasteiger partial charge in [0.05, 0.1) is 6.04 Å². The third-order valence-corrected chi connectivity index (χ3v) is 3.99. The third-order valence-electron chi connectivity index (χ3n) is 3.99. The van der Waals surface area contributed by atoms with E-state index in [4.69, 9.17) is 0 Å². The Bertz CT molecular complexity index is 207. The smallest absolute Gasteiger partial charge is 0.149 e. The molecular weight excluding hydrogens is 186 g/mol. The van der Waals surface area contributed by atoms with Crippen molar-refractivity contribution in [3.8, 4) is 0 Å². The van der Waals surface area contributed by atoms with Crippen LogP contribution in [0.3, 0.4) is 0 Å². The molecule has 0 aliphatic heterocycles. The number of carbonyl (C=O) groups is 1. The molecule has 0 saturated heterocycles. The molecule has 1 rings (SSSR count). The van der Waals surface area contributed by atoms with Crippen molar-refractivity contribution in [3.05, 3.63) is 0 Å². The number of rotatable bonds is 4. The van der Waals surface area contributed by atoms with E-state index in [9.17, 15) is 4.79 Å². The monoisotopic (exact) mass is 211 g/mol. The molecule has 0 heterocycles. The van der Waals surface area contributed by atoms with Crippen molar-refractivity contribution in [2.75, 3.05) is 7.05 Å². The van der Waals surface area contributed by atoms with Crippen LogP contribution < -0.4 is 0 Å². The molecule has 0 radical (unpaired) electrons. The number of hydrogen-bond acceptors (Lipinski definition) is 2. The van der Waals surface area contributed by atoms with Crippen LogP contribution in [0.15, 0.2) is 0 Å². The molecule has 88 valence electrons. The molecule has 0 aromatic rings. The molecule has 1 fully saturated rings. The lowest BCUT2D eigenvalue weighted by Gasteiger charge is -2.36. The largest absolute Gasteiger partial charge is 0.298 e. The van der Waals surface area contributed by atoms with Crippen molar-refractivity contribution in [1.29, 1.82) is 0 Å². The maximum absolute atomic E-state index is 11.6. The van der Waals surface area contributed by atoms with Gasteiger partial charge in [-0.3, -0.25) is 9.69 Å². The topological polar surface area (TPSA) is 20.3 Å². The van der Waals surface area contributed by atoms with Gasteiger partial charge in [0.15, 0.2) is 0 Å². The molecular formula is C13H25NO. The van der Waals surface area contributed by atoms with E-state index in [1.807, 2.05) is 13.8 Å². The molecule has 1 saturated carbocycles. The molecule has 1 aliphatic carbocycles. The van der Waals surface area contributed by atoms with E-state index in [0.717, 1.165) is 5.92 Å². The molecule has 1 unspecified atom stereocenters. The van der Waals surface area contributed by atoms with Crippen LogP contribution in [0.25, 0.3) is 0 Å². The van der Waals surface area contributed by atoms with Crippen molar-refractivity contribution in [2.45, 2.75) is 65.0 Å². The average Bonchev–Trinajstić information content (AvgIpc) is 2.27. The second kappa shape index (κ2) is 5.64. The molecule has 0 aromatic heterocycles. The van der Waals surface area contributed by atoms with Crippen LogP contribution in [-0.4, -0.2) is 29.8 Å². The lowest BCUT2D eigenvalue weighted by molar-refractivity contribution is -0.124. The first-order valence-electron chi connectivity index (χ1n) is 6.30. The van der Waals surface area contributed by atoms with Crippen LogP contribution >= 0.6 is 0 Å². The predicted octanol–water partition coefficient (Wildman–Crippen LogP) is 2.86. The summed E-state index contributed by atoms with van der Waals surface area (Å²) < 4.78 is 0. The van der Waals surface area contributed by atoms with Crippen molar-refractivity contribution < 1.29 is 4.79 Å². The van der Waals surface area contributed by atoms with E-state index in [-0.39, 0.29) is 6.04 Å². The number of hydrogen-bond donors (Lipinski definition) is 0. The van der Waals surface area contributed by atoms with Gasteiger partial charge in [-0.25, -0.2) is 0 Å². The molecule has 15 heavy (non-hydrogen) atoms. The van der Waals surface area contributed by atoms with Crippen molar-refractivity contribution in [1.82, 2.24) is 4.90 Å². The lowest BCUT2D eigenvalue weighted by atomic mass is 9.86. The van der Waals surface area contributed by atoms with Gasteiger partial charge in [-0.05, 0) is 45.6 Å². The summed E-state index contributed by atoms with van der Waals surface area (Å²) in [6.07, 6.45) is 5.83. The van der Waals surface area contributed by atoms with E-state index in [2.05, 4.69) is 18.9 Å². The van der Waals surface area contributed by atoms with Crippen molar-refractivity contribution >= 4 is 5.78 Å². The summed E-state index contributed by atoms with van der Waals surface area (Å²) in [6, 6.07) is 0.736. The highest BCUT2D eigenvalue weighted by molar-refractivity contribution is 5.83. The Morgan fingerprint density at radius 3 is 2.33 bits per heavy atom. The first-order chi connectivity index (χ1) is 7.06. The van der Waals surface area contributed by atoms with E-state index < -0.39 is 0 Å². The van der Waals surface area contributed by atoms with Gasteiger partial charge < -0.3 is 0 Å². The van der Waals surface area contributed by atoms with Crippen molar-refractivity contribution in [2.24, 2.45) is 5.92 Å². The highest BCUT2D eigenvalue weighted by Gasteiger charge is 2.26. The zero-order valence-electron chi connectivity index (χ0n) is 10.6. The van der Waals surface area contributed by atoms with Crippen LogP contribution in [0.5, 0.6) is 0 Å². The Kier molecular flexibility index (Phi) is 4.78. The minimum absolute atomic E-state index is 0.105. The van der Waals surface area contributed by atoms with Crippen molar-refractivity contribution in [3.63, 3.8) is 0 Å². The SMILES string of the molecule is CCC(=O)C(C)N(C)C1CCC(C)CC1. The van der Waals surface area contributed by atoms with Gasteiger partial charge in [-0.2, -0.15) is 0 Å². The van der Waals surface area contributed by atoms with Gasteiger partial charge in [-0.1, -0.05) is 13.8 Å². The quantitative estimate of drug-likeness (QED) is 0.712. The summed E-state index contributed by atoms with van der Waals surface area (Å²) in [5.74, 6) is 1.25. The molecule has 1 aliphatic rings. The molecule has 0 spiro atoms. The number of likely N-dealkylation sites (N-methyl/N-ethyl adjacent to an activating group) is 1. The number of nitrogens with zero attached hydrogens (tertiary/aromatic N) is 1.